The molecule has 0 aliphatic heterocycles. The third-order valence-electron chi connectivity index (χ3n) is 10.6. The Bertz CT molecular complexity index is 3190. The Kier molecular flexibility index (Phi) is 6.76. The number of furan rings is 1. The molecule has 0 spiro atoms. The van der Waals surface area contributed by atoms with Gasteiger partial charge in [0.15, 0.2) is 0 Å². The number of rotatable bonds is 5. The predicted octanol–water partition coefficient (Wildman–Crippen LogP) is 15.1. The third kappa shape index (κ3) is 4.86. The lowest BCUT2D eigenvalue weighted by molar-refractivity contribution is 0.669. The van der Waals surface area contributed by atoms with Gasteiger partial charge in [0.1, 0.15) is 11.2 Å². The van der Waals surface area contributed by atoms with E-state index in [4.69, 9.17) is 4.42 Å². The first-order chi connectivity index (χ1) is 26.3. The largest absolute Gasteiger partial charge is 0.456 e. The predicted molar refractivity (Wildman–Crippen MR) is 227 cm³/mol. The lowest BCUT2D eigenvalue weighted by Crippen LogP contribution is -2.10. The summed E-state index contributed by atoms with van der Waals surface area (Å²) in [6, 6.07) is 68.2. The van der Waals surface area contributed by atoms with Gasteiger partial charge in [-0.3, -0.25) is 0 Å². The Morgan fingerprint density at radius 2 is 1.04 bits per heavy atom. The van der Waals surface area contributed by atoms with Crippen LogP contribution in [0.3, 0.4) is 0 Å². The standard InChI is InChI=1S/C50H31NOS/c1-2-12-32(13-3-1)38-16-4-5-17-39(38)34-14-10-15-36(28-34)51(45-20-11-23-49-50(45)41-19-7-9-22-48(41)53-49)37-27-26-33-24-25-35-29-47-44(31-43(35)42(33)30-37)40-18-6-8-21-46(40)52-47/h1-31H. The fraction of sp³-hybridized carbons (Fsp3) is 0. The van der Waals surface area contributed by atoms with Gasteiger partial charge >= 0.3 is 0 Å². The second-order valence-electron chi connectivity index (χ2n) is 13.7. The number of anilines is 3. The van der Waals surface area contributed by atoms with Gasteiger partial charge in [-0.15, -0.1) is 11.3 Å². The van der Waals surface area contributed by atoms with E-state index in [1.807, 2.05) is 17.4 Å². The normalized spacial score (nSPS) is 11.8. The minimum Gasteiger partial charge on any atom is -0.456 e. The maximum atomic E-state index is 6.30. The average molecular weight is 694 g/mol. The van der Waals surface area contributed by atoms with Crippen molar-refractivity contribution in [2.24, 2.45) is 0 Å². The summed E-state index contributed by atoms with van der Waals surface area (Å²) in [4.78, 5) is 2.46. The second kappa shape index (κ2) is 11.9. The second-order valence-corrected chi connectivity index (χ2v) is 14.8. The summed E-state index contributed by atoms with van der Waals surface area (Å²) in [5, 5.41) is 9.63. The molecule has 0 N–H and O–H groups in total. The van der Waals surface area contributed by atoms with Crippen LogP contribution >= 0.6 is 11.3 Å². The molecular weight excluding hydrogens is 663 g/mol. The number of benzene rings is 9. The van der Waals surface area contributed by atoms with E-state index in [2.05, 4.69) is 187 Å². The molecule has 53 heavy (non-hydrogen) atoms. The maximum Gasteiger partial charge on any atom is 0.136 e. The number of thiophene rings is 1. The monoisotopic (exact) mass is 693 g/mol. The van der Waals surface area contributed by atoms with Crippen molar-refractivity contribution in [2.75, 3.05) is 4.90 Å². The molecule has 0 amide bonds. The van der Waals surface area contributed by atoms with E-state index in [9.17, 15) is 0 Å². The molecule has 0 aliphatic rings. The first kappa shape index (κ1) is 30.0. The van der Waals surface area contributed by atoms with Crippen LogP contribution < -0.4 is 4.90 Å². The van der Waals surface area contributed by atoms with E-state index < -0.39 is 0 Å². The highest BCUT2D eigenvalue weighted by molar-refractivity contribution is 7.26. The van der Waals surface area contributed by atoms with Gasteiger partial charge in [-0.05, 0) is 104 Å². The van der Waals surface area contributed by atoms with Crippen molar-refractivity contribution in [3.63, 3.8) is 0 Å². The van der Waals surface area contributed by atoms with E-state index in [-0.39, 0.29) is 0 Å². The fourth-order valence-electron chi connectivity index (χ4n) is 8.19. The van der Waals surface area contributed by atoms with Crippen molar-refractivity contribution in [1.82, 2.24) is 0 Å². The summed E-state index contributed by atoms with van der Waals surface area (Å²) >= 11 is 1.85. The minimum atomic E-state index is 0.916. The number of hydrogen-bond donors (Lipinski definition) is 0. The Morgan fingerprint density at radius 3 is 1.94 bits per heavy atom. The maximum absolute atomic E-state index is 6.30. The molecule has 2 aromatic heterocycles. The first-order valence-electron chi connectivity index (χ1n) is 18.0. The van der Waals surface area contributed by atoms with Crippen molar-refractivity contribution in [3.8, 4) is 22.3 Å². The Hall–Kier alpha value is -6.68. The van der Waals surface area contributed by atoms with Crippen molar-refractivity contribution in [1.29, 1.82) is 0 Å². The third-order valence-corrected chi connectivity index (χ3v) is 11.8. The van der Waals surface area contributed by atoms with Crippen molar-refractivity contribution in [2.45, 2.75) is 0 Å². The molecule has 0 unspecified atom stereocenters. The topological polar surface area (TPSA) is 16.4 Å². The van der Waals surface area contributed by atoms with E-state index >= 15 is 0 Å². The molecule has 0 fully saturated rings. The summed E-state index contributed by atoms with van der Waals surface area (Å²) in [5.41, 5.74) is 10.0. The molecule has 11 rings (SSSR count). The molecule has 3 heteroatoms. The number of para-hydroxylation sites is 1. The number of hydrogen-bond acceptors (Lipinski definition) is 3. The van der Waals surface area contributed by atoms with Gasteiger partial charge in [0.05, 0.1) is 5.69 Å². The van der Waals surface area contributed by atoms with Crippen LogP contribution in [0.2, 0.25) is 0 Å². The molecule has 0 radical (unpaired) electrons. The van der Waals surface area contributed by atoms with Gasteiger partial charge in [0.25, 0.3) is 0 Å². The van der Waals surface area contributed by atoms with E-state index in [1.54, 1.807) is 0 Å². The molecule has 2 heterocycles. The van der Waals surface area contributed by atoms with Crippen molar-refractivity contribution >= 4 is 92.1 Å². The zero-order valence-electron chi connectivity index (χ0n) is 28.7. The fourth-order valence-corrected chi connectivity index (χ4v) is 9.31. The zero-order chi connectivity index (χ0) is 34.9. The Morgan fingerprint density at radius 1 is 0.377 bits per heavy atom. The van der Waals surface area contributed by atoms with E-state index in [0.717, 1.165) is 39.0 Å². The highest BCUT2D eigenvalue weighted by atomic mass is 32.1. The van der Waals surface area contributed by atoms with Crippen LogP contribution in [0.25, 0.3) is 85.9 Å². The van der Waals surface area contributed by atoms with Crippen LogP contribution in [0.4, 0.5) is 17.1 Å². The molecule has 0 saturated carbocycles. The Balaban J connectivity index is 1.17. The summed E-state index contributed by atoms with van der Waals surface area (Å²) in [7, 11) is 0. The van der Waals surface area contributed by atoms with Crippen molar-refractivity contribution < 1.29 is 4.42 Å². The van der Waals surface area contributed by atoms with Crippen LogP contribution in [0.5, 0.6) is 0 Å². The van der Waals surface area contributed by atoms with Gasteiger partial charge in [-0.25, -0.2) is 0 Å². The average Bonchev–Trinajstić information content (AvgIpc) is 3.79. The van der Waals surface area contributed by atoms with E-state index in [0.29, 0.717) is 0 Å². The van der Waals surface area contributed by atoms with Crippen LogP contribution in [0.1, 0.15) is 0 Å². The van der Waals surface area contributed by atoms with Gasteiger partial charge in [-0.1, -0.05) is 127 Å². The van der Waals surface area contributed by atoms with Crippen LogP contribution in [-0.4, -0.2) is 0 Å². The van der Waals surface area contributed by atoms with Crippen LogP contribution in [0, 0.1) is 0 Å². The van der Waals surface area contributed by atoms with Gasteiger partial charge in [0.2, 0.25) is 0 Å². The molecule has 0 saturated heterocycles. The number of fused-ring (bicyclic) bond motifs is 9. The summed E-state index contributed by atoms with van der Waals surface area (Å²) in [5.74, 6) is 0. The smallest absolute Gasteiger partial charge is 0.136 e. The molecular formula is C50H31NOS. The lowest BCUT2D eigenvalue weighted by atomic mass is 9.94. The zero-order valence-corrected chi connectivity index (χ0v) is 29.5. The minimum absolute atomic E-state index is 0.916. The Labute approximate surface area is 310 Å². The van der Waals surface area contributed by atoms with Gasteiger partial charge in [-0.2, -0.15) is 0 Å². The lowest BCUT2D eigenvalue weighted by Gasteiger charge is -2.27. The van der Waals surface area contributed by atoms with E-state index in [1.165, 1.54) is 64.0 Å². The highest BCUT2D eigenvalue weighted by Gasteiger charge is 2.20. The summed E-state index contributed by atoms with van der Waals surface area (Å²) in [6.45, 7) is 0. The molecule has 11 aromatic rings. The van der Waals surface area contributed by atoms with Crippen LogP contribution in [0.15, 0.2) is 192 Å². The molecule has 0 aliphatic carbocycles. The summed E-state index contributed by atoms with van der Waals surface area (Å²) < 4.78 is 8.87. The van der Waals surface area contributed by atoms with Crippen LogP contribution in [-0.2, 0) is 0 Å². The van der Waals surface area contributed by atoms with Gasteiger partial charge < -0.3 is 9.32 Å². The summed E-state index contributed by atoms with van der Waals surface area (Å²) in [6.07, 6.45) is 0. The molecule has 2 nitrogen and oxygen atoms in total. The van der Waals surface area contributed by atoms with Gasteiger partial charge in [0, 0.05) is 42.3 Å². The SMILES string of the molecule is c1ccc(-c2ccccc2-c2cccc(N(c3ccc4ccc5cc6oc7ccccc7c6cc5c4c3)c3cccc4sc5ccccc5c34)c2)cc1. The molecule has 9 aromatic carbocycles. The molecule has 248 valence electrons. The first-order valence-corrected chi connectivity index (χ1v) is 18.8. The molecule has 0 bridgehead atoms. The van der Waals surface area contributed by atoms with Crippen molar-refractivity contribution in [3.05, 3.63) is 188 Å². The highest BCUT2D eigenvalue weighted by Crippen LogP contribution is 2.47. The number of nitrogens with zero attached hydrogens (tertiary/aromatic N) is 1. The quantitative estimate of drug-likeness (QED) is 0.167. The molecule has 0 atom stereocenters.